The molecule has 1 saturated heterocycles. The molecule has 1 fully saturated rings. The predicted octanol–water partition coefficient (Wildman–Crippen LogP) is -1.59. The molecule has 0 aromatic rings. The molecule has 1 heterocycles. The van der Waals surface area contributed by atoms with Crippen LogP contribution < -0.4 is 5.73 Å². The Balaban J connectivity index is 2.38. The maximum absolute atomic E-state index is 8.79. The van der Waals surface area contributed by atoms with E-state index in [1.165, 1.54) is 0 Å². The van der Waals surface area contributed by atoms with E-state index in [0.29, 0.717) is 6.42 Å². The summed E-state index contributed by atoms with van der Waals surface area (Å²) in [6.07, 6.45) is -0.734. The van der Waals surface area contributed by atoms with Crippen molar-refractivity contribution in [2.45, 2.75) is 24.9 Å². The first kappa shape index (κ1) is 6.95. The van der Waals surface area contributed by atoms with Gasteiger partial charge in [-0.2, -0.15) is 0 Å². The van der Waals surface area contributed by atoms with E-state index in [4.69, 9.17) is 20.7 Å². The lowest BCUT2D eigenvalue weighted by Gasteiger charge is -2.08. The second-order valence-electron chi connectivity index (χ2n) is 2.21. The number of hydrogen-bond acceptors (Lipinski definition) is 4. The van der Waals surface area contributed by atoms with Gasteiger partial charge in [0.2, 0.25) is 0 Å². The van der Waals surface area contributed by atoms with E-state index in [1.54, 1.807) is 0 Å². The van der Waals surface area contributed by atoms with Gasteiger partial charge in [0.25, 0.3) is 0 Å². The van der Waals surface area contributed by atoms with E-state index in [1.807, 2.05) is 0 Å². The van der Waals surface area contributed by atoms with Gasteiger partial charge in [-0.25, -0.2) is 0 Å². The SMILES string of the molecule is NC1CC(O)O[C@@H]1CO. The predicted molar refractivity (Wildman–Crippen MR) is 30.6 cm³/mol. The molecule has 0 spiro atoms. The first-order valence-electron chi connectivity index (χ1n) is 2.94. The Bertz CT molecular complexity index is 98.2. The van der Waals surface area contributed by atoms with Crippen molar-refractivity contribution in [1.29, 1.82) is 0 Å². The molecule has 1 aliphatic rings. The van der Waals surface area contributed by atoms with Crippen molar-refractivity contribution in [3.8, 4) is 0 Å². The van der Waals surface area contributed by atoms with Gasteiger partial charge >= 0.3 is 0 Å². The van der Waals surface area contributed by atoms with Gasteiger partial charge < -0.3 is 20.7 Å². The molecule has 4 heteroatoms. The summed E-state index contributed by atoms with van der Waals surface area (Å²) in [5, 5.41) is 17.3. The lowest BCUT2D eigenvalue weighted by molar-refractivity contribution is -0.102. The zero-order valence-corrected chi connectivity index (χ0v) is 5.03. The molecule has 0 bridgehead atoms. The lowest BCUT2D eigenvalue weighted by atomic mass is 10.2. The van der Waals surface area contributed by atoms with Crippen LogP contribution in [0, 0.1) is 0 Å². The molecule has 1 rings (SSSR count). The molecular weight excluding hydrogens is 122 g/mol. The minimum atomic E-state index is -0.780. The summed E-state index contributed by atoms with van der Waals surface area (Å²) >= 11 is 0. The van der Waals surface area contributed by atoms with Crippen LogP contribution in [0.3, 0.4) is 0 Å². The number of ether oxygens (including phenoxy) is 1. The summed E-state index contributed by atoms with van der Waals surface area (Å²) < 4.78 is 4.80. The summed E-state index contributed by atoms with van der Waals surface area (Å²) in [4.78, 5) is 0. The highest BCUT2D eigenvalue weighted by atomic mass is 16.6. The molecule has 2 unspecified atom stereocenters. The quantitative estimate of drug-likeness (QED) is 0.403. The maximum Gasteiger partial charge on any atom is 0.156 e. The Kier molecular flexibility index (Phi) is 2.02. The van der Waals surface area contributed by atoms with Crippen LogP contribution >= 0.6 is 0 Å². The summed E-state index contributed by atoms with van der Waals surface area (Å²) in [6.45, 7) is -0.113. The average Bonchev–Trinajstić information content (AvgIpc) is 2.10. The Morgan fingerprint density at radius 2 is 2.33 bits per heavy atom. The molecule has 0 aromatic heterocycles. The van der Waals surface area contributed by atoms with Crippen molar-refractivity contribution in [2.75, 3.05) is 6.61 Å². The zero-order chi connectivity index (χ0) is 6.85. The van der Waals surface area contributed by atoms with Crippen LogP contribution in [-0.2, 0) is 4.74 Å². The summed E-state index contributed by atoms with van der Waals surface area (Å²) in [7, 11) is 0. The monoisotopic (exact) mass is 133 g/mol. The summed E-state index contributed by atoms with van der Waals surface area (Å²) in [5.74, 6) is 0. The van der Waals surface area contributed by atoms with Gasteiger partial charge in [0.05, 0.1) is 12.7 Å². The normalized spacial score (nSPS) is 43.7. The molecule has 0 amide bonds. The van der Waals surface area contributed by atoms with Crippen molar-refractivity contribution in [2.24, 2.45) is 5.73 Å². The van der Waals surface area contributed by atoms with Crippen molar-refractivity contribution in [3.63, 3.8) is 0 Å². The lowest BCUT2D eigenvalue weighted by Crippen LogP contribution is -2.32. The van der Waals surface area contributed by atoms with Crippen LogP contribution in [0.4, 0.5) is 0 Å². The highest BCUT2D eigenvalue weighted by molar-refractivity contribution is 4.79. The van der Waals surface area contributed by atoms with Gasteiger partial charge in [-0.3, -0.25) is 0 Å². The molecular formula is C5H11NO3. The zero-order valence-electron chi connectivity index (χ0n) is 5.03. The maximum atomic E-state index is 8.79. The van der Waals surface area contributed by atoms with Crippen LogP contribution in [0.1, 0.15) is 6.42 Å². The molecule has 9 heavy (non-hydrogen) atoms. The second kappa shape index (κ2) is 2.62. The van der Waals surface area contributed by atoms with Gasteiger partial charge in [0, 0.05) is 12.5 Å². The Labute approximate surface area is 53.2 Å². The Morgan fingerprint density at radius 3 is 2.56 bits per heavy atom. The van der Waals surface area contributed by atoms with E-state index in [9.17, 15) is 0 Å². The molecule has 4 nitrogen and oxygen atoms in total. The molecule has 4 N–H and O–H groups in total. The van der Waals surface area contributed by atoms with Gasteiger partial charge in [-0.1, -0.05) is 0 Å². The number of rotatable bonds is 1. The van der Waals surface area contributed by atoms with Crippen LogP contribution in [0.2, 0.25) is 0 Å². The Morgan fingerprint density at radius 1 is 1.67 bits per heavy atom. The molecule has 0 radical (unpaired) electrons. The average molecular weight is 133 g/mol. The molecule has 1 aliphatic heterocycles. The van der Waals surface area contributed by atoms with Crippen LogP contribution in [0.15, 0.2) is 0 Å². The first-order valence-corrected chi connectivity index (χ1v) is 2.94. The number of nitrogens with two attached hydrogens (primary N) is 1. The number of hydrogen-bond donors (Lipinski definition) is 3. The largest absolute Gasteiger partial charge is 0.394 e. The fraction of sp³-hybridized carbons (Fsp3) is 1.00. The van der Waals surface area contributed by atoms with Gasteiger partial charge in [-0.05, 0) is 0 Å². The van der Waals surface area contributed by atoms with Gasteiger partial charge in [0.15, 0.2) is 6.29 Å². The minimum absolute atomic E-state index is 0.113. The number of aliphatic hydroxyl groups is 2. The van der Waals surface area contributed by atoms with E-state index < -0.39 is 6.29 Å². The van der Waals surface area contributed by atoms with Crippen LogP contribution in [-0.4, -0.2) is 35.3 Å². The number of aliphatic hydroxyl groups excluding tert-OH is 2. The third kappa shape index (κ3) is 1.40. The van der Waals surface area contributed by atoms with Gasteiger partial charge in [-0.15, -0.1) is 0 Å². The van der Waals surface area contributed by atoms with Gasteiger partial charge in [0.1, 0.15) is 0 Å². The second-order valence-corrected chi connectivity index (χ2v) is 2.21. The fourth-order valence-corrected chi connectivity index (χ4v) is 0.921. The van der Waals surface area contributed by atoms with E-state index >= 15 is 0 Å². The smallest absolute Gasteiger partial charge is 0.156 e. The van der Waals surface area contributed by atoms with Crippen molar-refractivity contribution in [3.05, 3.63) is 0 Å². The minimum Gasteiger partial charge on any atom is -0.394 e. The fourth-order valence-electron chi connectivity index (χ4n) is 0.921. The topological polar surface area (TPSA) is 75.7 Å². The van der Waals surface area contributed by atoms with E-state index in [2.05, 4.69) is 0 Å². The third-order valence-corrected chi connectivity index (χ3v) is 1.46. The van der Waals surface area contributed by atoms with Crippen LogP contribution in [0.5, 0.6) is 0 Å². The third-order valence-electron chi connectivity index (χ3n) is 1.46. The summed E-state index contributed by atoms with van der Waals surface area (Å²) in [6, 6.07) is -0.218. The molecule has 0 saturated carbocycles. The first-order chi connectivity index (χ1) is 4.24. The van der Waals surface area contributed by atoms with E-state index in [-0.39, 0.29) is 18.8 Å². The molecule has 0 aromatic carbocycles. The molecule has 0 aliphatic carbocycles. The highest BCUT2D eigenvalue weighted by Gasteiger charge is 2.30. The van der Waals surface area contributed by atoms with Crippen molar-refractivity contribution in [1.82, 2.24) is 0 Å². The van der Waals surface area contributed by atoms with Crippen molar-refractivity contribution >= 4 is 0 Å². The highest BCUT2D eigenvalue weighted by Crippen LogP contribution is 2.15. The van der Waals surface area contributed by atoms with E-state index in [0.717, 1.165) is 0 Å². The molecule has 54 valence electrons. The summed E-state index contributed by atoms with van der Waals surface area (Å²) in [5.41, 5.74) is 5.43. The van der Waals surface area contributed by atoms with Crippen LogP contribution in [0.25, 0.3) is 0 Å². The van der Waals surface area contributed by atoms with Crippen molar-refractivity contribution < 1.29 is 14.9 Å². The standard InChI is InChI=1S/C5H11NO3/c6-3-1-5(8)9-4(3)2-7/h3-5,7-8H,1-2,6H2/t3?,4-,5?/m1/s1. The molecule has 3 atom stereocenters. The Hall–Kier alpha value is -0.160.